The summed E-state index contributed by atoms with van der Waals surface area (Å²) >= 11 is 0. The van der Waals surface area contributed by atoms with Crippen molar-refractivity contribution in [2.45, 2.75) is 219 Å². The van der Waals surface area contributed by atoms with Crippen LogP contribution in [0.5, 0.6) is 0 Å². The van der Waals surface area contributed by atoms with Crippen LogP contribution in [0, 0.1) is 0 Å². The molecule has 6 heteroatoms. The summed E-state index contributed by atoms with van der Waals surface area (Å²) in [6, 6.07) is 0. The molecule has 0 rings (SSSR count). The quantitative estimate of drug-likeness (QED) is 0.0267. The lowest BCUT2D eigenvalue weighted by Crippen LogP contribution is -2.30. The molecule has 0 aliphatic carbocycles. The van der Waals surface area contributed by atoms with Gasteiger partial charge in [0.2, 0.25) is 0 Å². The van der Waals surface area contributed by atoms with Gasteiger partial charge in [0.15, 0.2) is 6.10 Å². The van der Waals surface area contributed by atoms with E-state index in [1.165, 1.54) is 89.9 Å². The second-order valence-electron chi connectivity index (χ2n) is 15.0. The van der Waals surface area contributed by atoms with E-state index >= 15 is 0 Å². The third-order valence-corrected chi connectivity index (χ3v) is 9.49. The van der Waals surface area contributed by atoms with E-state index in [0.29, 0.717) is 19.3 Å². The maximum Gasteiger partial charge on any atom is 0.306 e. The molecule has 0 aromatic rings. The van der Waals surface area contributed by atoms with Crippen LogP contribution in [-0.2, 0) is 28.6 Å². The zero-order chi connectivity index (χ0) is 40.1. The van der Waals surface area contributed by atoms with E-state index in [9.17, 15) is 14.4 Å². The normalized spacial score (nSPS) is 12.6. The second kappa shape index (κ2) is 43.8. The van der Waals surface area contributed by atoms with E-state index in [-0.39, 0.29) is 37.5 Å². The Hall–Kier alpha value is -2.89. The Morgan fingerprint density at radius 2 is 0.691 bits per heavy atom. The van der Waals surface area contributed by atoms with Gasteiger partial charge in [-0.3, -0.25) is 14.4 Å². The van der Waals surface area contributed by atoms with Crippen LogP contribution in [0.1, 0.15) is 213 Å². The average molecular weight is 769 g/mol. The molecule has 55 heavy (non-hydrogen) atoms. The molecule has 0 N–H and O–H groups in total. The first-order valence-electron chi connectivity index (χ1n) is 22.8. The van der Waals surface area contributed by atoms with E-state index in [0.717, 1.165) is 77.0 Å². The predicted octanol–water partition coefficient (Wildman–Crippen LogP) is 14.5. The molecule has 0 saturated heterocycles. The van der Waals surface area contributed by atoms with Gasteiger partial charge in [-0.25, -0.2) is 0 Å². The lowest BCUT2D eigenvalue weighted by molar-refractivity contribution is -0.167. The fourth-order valence-corrected chi connectivity index (χ4v) is 6.00. The minimum Gasteiger partial charge on any atom is -0.462 e. The number of hydrogen-bond acceptors (Lipinski definition) is 6. The van der Waals surface area contributed by atoms with E-state index in [1.807, 2.05) is 0 Å². The van der Waals surface area contributed by atoms with E-state index in [4.69, 9.17) is 14.2 Å². The Balaban J connectivity index is 4.44. The number of hydrogen-bond donors (Lipinski definition) is 0. The summed E-state index contributed by atoms with van der Waals surface area (Å²) in [6.07, 6.45) is 52.1. The van der Waals surface area contributed by atoms with Gasteiger partial charge in [-0.15, -0.1) is 0 Å². The standard InChI is InChI=1S/C49H84O6/c1-4-7-10-13-16-19-21-22-23-24-25-26-28-30-33-36-39-42-48(51)54-45-46(44-53-47(50)41-38-35-32-29-18-15-12-9-6-3)55-49(52)43-40-37-34-31-27-20-17-14-11-8-5-2/h14,16-17,19,22-23,25-26,30,33,46H,4-13,15,18,20-21,24,27-29,31-32,34-45H2,1-3H3/b17-14-,19-16-,23-22-,26-25-,33-30-. The predicted molar refractivity (Wildman–Crippen MR) is 233 cm³/mol. The SMILES string of the molecule is CCCC/C=C\CCCCCCCC(=O)OC(COC(=O)CCC/C=C\C/C=C\C/C=C\C/C=C\CCCCC)COC(=O)CCCCCCCCCCC. The molecule has 0 heterocycles. The topological polar surface area (TPSA) is 78.9 Å². The number of unbranched alkanes of at least 4 members (excludes halogenated alkanes) is 19. The largest absolute Gasteiger partial charge is 0.462 e. The first-order chi connectivity index (χ1) is 27.0. The molecule has 0 aromatic heterocycles. The van der Waals surface area contributed by atoms with Gasteiger partial charge in [-0.05, 0) is 77.0 Å². The molecule has 0 bridgehead atoms. The molecule has 0 aliphatic rings. The van der Waals surface area contributed by atoms with Crippen LogP contribution in [0.2, 0.25) is 0 Å². The number of ether oxygens (including phenoxy) is 3. The zero-order valence-electron chi connectivity index (χ0n) is 35.9. The lowest BCUT2D eigenvalue weighted by Gasteiger charge is -2.18. The summed E-state index contributed by atoms with van der Waals surface area (Å²) in [5, 5.41) is 0. The molecule has 6 nitrogen and oxygen atoms in total. The number of rotatable bonds is 40. The minimum atomic E-state index is -0.795. The Morgan fingerprint density at radius 1 is 0.364 bits per heavy atom. The highest BCUT2D eigenvalue weighted by molar-refractivity contribution is 5.71. The van der Waals surface area contributed by atoms with Gasteiger partial charge in [-0.2, -0.15) is 0 Å². The van der Waals surface area contributed by atoms with Crippen molar-refractivity contribution in [1.82, 2.24) is 0 Å². The Labute approximate surface area is 339 Å². The third-order valence-electron chi connectivity index (χ3n) is 9.49. The highest BCUT2D eigenvalue weighted by Crippen LogP contribution is 2.13. The summed E-state index contributed by atoms with van der Waals surface area (Å²) in [6.45, 7) is 6.48. The van der Waals surface area contributed by atoms with E-state index < -0.39 is 6.10 Å². The average Bonchev–Trinajstić information content (AvgIpc) is 3.18. The number of carbonyl (C=O) groups is 3. The van der Waals surface area contributed by atoms with Crippen LogP contribution in [-0.4, -0.2) is 37.2 Å². The van der Waals surface area contributed by atoms with E-state index in [1.54, 1.807) is 0 Å². The molecular weight excluding hydrogens is 685 g/mol. The molecule has 316 valence electrons. The smallest absolute Gasteiger partial charge is 0.306 e. The minimum absolute atomic E-state index is 0.0940. The number of carbonyl (C=O) groups excluding carboxylic acids is 3. The van der Waals surface area contributed by atoms with Gasteiger partial charge in [0.1, 0.15) is 13.2 Å². The van der Waals surface area contributed by atoms with Crippen molar-refractivity contribution in [2.75, 3.05) is 13.2 Å². The molecular formula is C49H84O6. The van der Waals surface area contributed by atoms with Crippen molar-refractivity contribution in [3.8, 4) is 0 Å². The van der Waals surface area contributed by atoms with Crippen molar-refractivity contribution in [1.29, 1.82) is 0 Å². The monoisotopic (exact) mass is 769 g/mol. The van der Waals surface area contributed by atoms with Crippen molar-refractivity contribution in [3.05, 3.63) is 60.8 Å². The summed E-state index contributed by atoms with van der Waals surface area (Å²) in [4.78, 5) is 37.6. The first-order valence-corrected chi connectivity index (χ1v) is 22.8. The van der Waals surface area contributed by atoms with Crippen molar-refractivity contribution >= 4 is 17.9 Å². The summed E-state index contributed by atoms with van der Waals surface area (Å²) in [5.74, 6) is -0.969. The molecule has 0 fully saturated rings. The molecule has 0 amide bonds. The number of esters is 3. The van der Waals surface area contributed by atoms with Crippen LogP contribution in [0.25, 0.3) is 0 Å². The molecule has 1 atom stereocenters. The third kappa shape index (κ3) is 42.1. The molecule has 0 radical (unpaired) electrons. The fourth-order valence-electron chi connectivity index (χ4n) is 6.00. The molecule has 1 unspecified atom stereocenters. The van der Waals surface area contributed by atoms with Gasteiger partial charge in [0.05, 0.1) is 0 Å². The second-order valence-corrected chi connectivity index (χ2v) is 15.0. The Morgan fingerprint density at radius 3 is 1.20 bits per heavy atom. The maximum atomic E-state index is 12.7. The van der Waals surface area contributed by atoms with Crippen molar-refractivity contribution < 1.29 is 28.6 Å². The highest BCUT2D eigenvalue weighted by Gasteiger charge is 2.19. The van der Waals surface area contributed by atoms with Crippen LogP contribution < -0.4 is 0 Å². The van der Waals surface area contributed by atoms with Gasteiger partial charge in [0.25, 0.3) is 0 Å². The van der Waals surface area contributed by atoms with Gasteiger partial charge in [-0.1, -0.05) is 178 Å². The van der Waals surface area contributed by atoms with Gasteiger partial charge >= 0.3 is 17.9 Å². The summed E-state index contributed by atoms with van der Waals surface area (Å²) < 4.78 is 16.6. The molecule has 0 saturated carbocycles. The van der Waals surface area contributed by atoms with Crippen molar-refractivity contribution in [2.24, 2.45) is 0 Å². The van der Waals surface area contributed by atoms with Gasteiger partial charge < -0.3 is 14.2 Å². The van der Waals surface area contributed by atoms with Crippen LogP contribution in [0.4, 0.5) is 0 Å². The Bertz CT molecular complexity index is 1020. The highest BCUT2D eigenvalue weighted by atomic mass is 16.6. The van der Waals surface area contributed by atoms with Crippen LogP contribution in [0.3, 0.4) is 0 Å². The summed E-state index contributed by atoms with van der Waals surface area (Å²) in [5.41, 5.74) is 0. The van der Waals surface area contributed by atoms with Gasteiger partial charge in [0, 0.05) is 19.3 Å². The fraction of sp³-hybridized carbons (Fsp3) is 0.735. The maximum absolute atomic E-state index is 12.7. The molecule has 0 spiro atoms. The zero-order valence-corrected chi connectivity index (χ0v) is 35.9. The van der Waals surface area contributed by atoms with Crippen LogP contribution >= 0.6 is 0 Å². The van der Waals surface area contributed by atoms with E-state index in [2.05, 4.69) is 81.5 Å². The first kappa shape index (κ1) is 52.1. The summed E-state index contributed by atoms with van der Waals surface area (Å²) in [7, 11) is 0. The number of allylic oxidation sites excluding steroid dienone is 10. The van der Waals surface area contributed by atoms with Crippen LogP contribution in [0.15, 0.2) is 60.8 Å². The molecule has 0 aliphatic heterocycles. The van der Waals surface area contributed by atoms with Crippen molar-refractivity contribution in [3.63, 3.8) is 0 Å². The lowest BCUT2D eigenvalue weighted by atomic mass is 10.1. The molecule has 0 aromatic carbocycles. The Kier molecular flexibility index (Phi) is 41.5.